The van der Waals surface area contributed by atoms with Crippen LogP contribution in [-0.2, 0) is 11.3 Å². The summed E-state index contributed by atoms with van der Waals surface area (Å²) in [7, 11) is 2.12. The molecule has 1 saturated heterocycles. The zero-order chi connectivity index (χ0) is 28.8. The summed E-state index contributed by atoms with van der Waals surface area (Å²) in [4.78, 5) is 32.7. The molecule has 0 unspecified atom stereocenters. The van der Waals surface area contributed by atoms with Crippen LogP contribution in [0.15, 0.2) is 66.7 Å². The fraction of sp³-hybridized carbons (Fsp3) is 0.364. The Hall–Kier alpha value is -4.19. The van der Waals surface area contributed by atoms with Crippen LogP contribution in [0.25, 0.3) is 11.1 Å². The maximum absolute atomic E-state index is 13.3. The number of nitriles is 1. The molecule has 212 valence electrons. The van der Waals surface area contributed by atoms with Crippen molar-refractivity contribution < 1.29 is 9.59 Å². The lowest BCUT2D eigenvalue weighted by Crippen LogP contribution is -2.44. The van der Waals surface area contributed by atoms with Gasteiger partial charge in [0.15, 0.2) is 0 Å². The van der Waals surface area contributed by atoms with E-state index in [4.69, 9.17) is 11.0 Å². The Bertz CT molecular complexity index is 1420. The van der Waals surface area contributed by atoms with E-state index in [1.807, 2.05) is 17.0 Å². The van der Waals surface area contributed by atoms with E-state index in [1.54, 1.807) is 24.3 Å². The fourth-order valence-electron chi connectivity index (χ4n) is 5.24. The molecular formula is C33H38N6O2. The first-order valence-electron chi connectivity index (χ1n) is 14.4. The lowest BCUT2D eigenvalue weighted by Gasteiger charge is -2.35. The molecule has 8 heteroatoms. The van der Waals surface area contributed by atoms with Gasteiger partial charge in [0, 0.05) is 50.7 Å². The van der Waals surface area contributed by atoms with Crippen LogP contribution < -0.4 is 16.0 Å². The SMILES string of the molecule is CN1CCN(c2ccc(-c3cccc(CN(CCCN)C(=O)C4CC4)c3)cc2NC(=O)c2ccc(C#N)cc2)CC1. The highest BCUT2D eigenvalue weighted by atomic mass is 16.2. The van der Waals surface area contributed by atoms with Crippen LogP contribution in [0, 0.1) is 17.2 Å². The molecule has 5 rings (SSSR count). The molecule has 0 bridgehead atoms. The second kappa shape index (κ2) is 13.0. The summed E-state index contributed by atoms with van der Waals surface area (Å²) in [5.74, 6) is 0.179. The van der Waals surface area contributed by atoms with Crippen molar-refractivity contribution in [3.63, 3.8) is 0 Å². The third kappa shape index (κ3) is 7.12. The number of amides is 2. The van der Waals surface area contributed by atoms with E-state index in [9.17, 15) is 9.59 Å². The number of carbonyl (C=O) groups is 2. The quantitative estimate of drug-likeness (QED) is 0.390. The van der Waals surface area contributed by atoms with Crippen molar-refractivity contribution in [2.45, 2.75) is 25.8 Å². The second-order valence-electron chi connectivity index (χ2n) is 11.0. The Morgan fingerprint density at radius 1 is 1.00 bits per heavy atom. The van der Waals surface area contributed by atoms with Crippen LogP contribution in [0.2, 0.25) is 0 Å². The zero-order valence-electron chi connectivity index (χ0n) is 23.7. The number of nitrogens with zero attached hydrogens (tertiary/aromatic N) is 4. The van der Waals surface area contributed by atoms with Crippen molar-refractivity contribution in [1.82, 2.24) is 9.80 Å². The van der Waals surface area contributed by atoms with Gasteiger partial charge in [0.05, 0.1) is 23.0 Å². The van der Waals surface area contributed by atoms with Crippen molar-refractivity contribution >= 4 is 23.2 Å². The standard InChI is InChI=1S/C33H38N6O2/c1-37-16-18-38(19-17-37)31-13-12-29(21-30(31)36-32(40)26-8-6-24(22-35)7-9-26)28-5-2-4-25(20-28)23-39(15-3-14-34)33(41)27-10-11-27/h2,4-9,12-13,20-21,27H,3,10-11,14-19,23,34H2,1H3,(H,36,40). The third-order valence-corrected chi connectivity index (χ3v) is 7.87. The van der Waals surface area contributed by atoms with Gasteiger partial charge in [0.1, 0.15) is 0 Å². The third-order valence-electron chi connectivity index (χ3n) is 7.87. The summed E-state index contributed by atoms with van der Waals surface area (Å²) < 4.78 is 0. The van der Waals surface area contributed by atoms with E-state index in [2.05, 4.69) is 58.6 Å². The van der Waals surface area contributed by atoms with Crippen LogP contribution in [0.5, 0.6) is 0 Å². The molecule has 0 aromatic heterocycles. The van der Waals surface area contributed by atoms with Gasteiger partial charge in [0.2, 0.25) is 5.91 Å². The zero-order valence-corrected chi connectivity index (χ0v) is 23.7. The topological polar surface area (TPSA) is 106 Å². The van der Waals surface area contributed by atoms with Crippen LogP contribution in [-0.4, -0.2) is 67.9 Å². The van der Waals surface area contributed by atoms with Gasteiger partial charge in [-0.25, -0.2) is 0 Å². The maximum atomic E-state index is 13.3. The molecule has 3 N–H and O–H groups in total. The molecule has 8 nitrogen and oxygen atoms in total. The van der Waals surface area contributed by atoms with E-state index in [1.165, 1.54) is 0 Å². The van der Waals surface area contributed by atoms with Gasteiger partial charge in [0.25, 0.3) is 5.91 Å². The molecule has 2 aliphatic rings. The molecule has 0 atom stereocenters. The Labute approximate surface area is 242 Å². The number of anilines is 2. The maximum Gasteiger partial charge on any atom is 0.255 e. The molecule has 3 aromatic carbocycles. The molecule has 1 saturated carbocycles. The molecule has 2 fully saturated rings. The van der Waals surface area contributed by atoms with Gasteiger partial charge in [-0.1, -0.05) is 24.3 Å². The highest BCUT2D eigenvalue weighted by molar-refractivity contribution is 6.06. The molecular weight excluding hydrogens is 512 g/mol. The number of carbonyl (C=O) groups excluding carboxylic acids is 2. The second-order valence-corrected chi connectivity index (χ2v) is 11.0. The number of nitrogens with one attached hydrogen (secondary N) is 1. The van der Waals surface area contributed by atoms with Gasteiger partial charge in [-0.2, -0.15) is 5.26 Å². The van der Waals surface area contributed by atoms with E-state index in [0.29, 0.717) is 30.8 Å². The first-order valence-corrected chi connectivity index (χ1v) is 14.4. The van der Waals surface area contributed by atoms with E-state index < -0.39 is 0 Å². The smallest absolute Gasteiger partial charge is 0.255 e. The van der Waals surface area contributed by atoms with Gasteiger partial charge in [-0.15, -0.1) is 0 Å². The average Bonchev–Trinajstić information content (AvgIpc) is 3.85. The van der Waals surface area contributed by atoms with Gasteiger partial charge >= 0.3 is 0 Å². The van der Waals surface area contributed by atoms with E-state index in [0.717, 1.165) is 73.5 Å². The van der Waals surface area contributed by atoms with Crippen LogP contribution >= 0.6 is 0 Å². The summed E-state index contributed by atoms with van der Waals surface area (Å²) in [6.45, 7) is 5.44. The summed E-state index contributed by atoms with van der Waals surface area (Å²) in [5.41, 5.74) is 11.6. The molecule has 0 spiro atoms. The summed E-state index contributed by atoms with van der Waals surface area (Å²) in [5, 5.41) is 12.3. The number of likely N-dealkylation sites (N-methyl/N-ethyl adjacent to an activating group) is 1. The van der Waals surface area contributed by atoms with Crippen molar-refractivity contribution in [2.75, 3.05) is 56.5 Å². The van der Waals surface area contributed by atoms with Gasteiger partial charge in [-0.05, 0) is 92.0 Å². The van der Waals surface area contributed by atoms with Gasteiger partial charge < -0.3 is 25.8 Å². The normalized spacial score (nSPS) is 15.3. The van der Waals surface area contributed by atoms with Crippen molar-refractivity contribution in [2.24, 2.45) is 11.7 Å². The Morgan fingerprint density at radius 2 is 1.73 bits per heavy atom. The highest BCUT2D eigenvalue weighted by Gasteiger charge is 2.33. The van der Waals surface area contributed by atoms with Crippen molar-refractivity contribution in [1.29, 1.82) is 5.26 Å². The van der Waals surface area contributed by atoms with E-state index >= 15 is 0 Å². The monoisotopic (exact) mass is 550 g/mol. The fourth-order valence-corrected chi connectivity index (χ4v) is 5.24. The molecule has 41 heavy (non-hydrogen) atoms. The minimum Gasteiger partial charge on any atom is -0.367 e. The lowest BCUT2D eigenvalue weighted by atomic mass is 10.0. The molecule has 2 amide bonds. The predicted molar refractivity (Wildman–Crippen MR) is 163 cm³/mol. The van der Waals surface area contributed by atoms with Crippen LogP contribution in [0.1, 0.15) is 40.7 Å². The van der Waals surface area contributed by atoms with Crippen LogP contribution in [0.3, 0.4) is 0 Å². The number of piperazine rings is 1. The Morgan fingerprint density at radius 3 is 2.41 bits per heavy atom. The average molecular weight is 551 g/mol. The lowest BCUT2D eigenvalue weighted by molar-refractivity contribution is -0.133. The highest BCUT2D eigenvalue weighted by Crippen LogP contribution is 2.34. The van der Waals surface area contributed by atoms with Gasteiger partial charge in [-0.3, -0.25) is 9.59 Å². The number of nitrogens with two attached hydrogens (primary N) is 1. The Balaban J connectivity index is 1.42. The first-order chi connectivity index (χ1) is 19.9. The molecule has 0 radical (unpaired) electrons. The molecule has 1 aliphatic carbocycles. The first kappa shape index (κ1) is 28.3. The Kier molecular flexibility index (Phi) is 8.98. The number of benzene rings is 3. The number of rotatable bonds is 10. The molecule has 1 aliphatic heterocycles. The van der Waals surface area contributed by atoms with E-state index in [-0.39, 0.29) is 17.7 Å². The summed E-state index contributed by atoms with van der Waals surface area (Å²) in [6, 6.07) is 23.3. The minimum absolute atomic E-state index is 0.167. The number of hydrogen-bond donors (Lipinski definition) is 2. The predicted octanol–water partition coefficient (Wildman–Crippen LogP) is 4.32. The molecule has 3 aromatic rings. The van der Waals surface area contributed by atoms with Crippen LogP contribution in [0.4, 0.5) is 11.4 Å². The summed E-state index contributed by atoms with van der Waals surface area (Å²) in [6.07, 6.45) is 2.75. The largest absolute Gasteiger partial charge is 0.367 e. The van der Waals surface area contributed by atoms with Crippen molar-refractivity contribution in [3.05, 3.63) is 83.4 Å². The summed E-state index contributed by atoms with van der Waals surface area (Å²) >= 11 is 0. The minimum atomic E-state index is -0.218. The number of hydrogen-bond acceptors (Lipinski definition) is 6. The van der Waals surface area contributed by atoms with Crippen molar-refractivity contribution in [3.8, 4) is 17.2 Å². The molecule has 1 heterocycles.